The summed E-state index contributed by atoms with van der Waals surface area (Å²) in [4.78, 5) is 24.3. The summed E-state index contributed by atoms with van der Waals surface area (Å²) < 4.78 is 5.78. The van der Waals surface area contributed by atoms with Crippen LogP contribution in [0.15, 0.2) is 35.7 Å². The lowest BCUT2D eigenvalue weighted by atomic mass is 10.1. The van der Waals surface area contributed by atoms with Crippen LogP contribution >= 0.6 is 11.3 Å². The molecule has 1 aliphatic heterocycles. The van der Waals surface area contributed by atoms with E-state index in [4.69, 9.17) is 4.74 Å². The number of pyridine rings is 1. The van der Waals surface area contributed by atoms with Crippen molar-refractivity contribution in [1.29, 1.82) is 0 Å². The van der Waals surface area contributed by atoms with E-state index < -0.39 is 0 Å². The molecule has 1 saturated heterocycles. The lowest BCUT2D eigenvalue weighted by Crippen LogP contribution is -2.44. The van der Waals surface area contributed by atoms with Gasteiger partial charge in [0.1, 0.15) is 0 Å². The van der Waals surface area contributed by atoms with Gasteiger partial charge in [-0.2, -0.15) is 0 Å². The Bertz CT molecular complexity index is 993. The predicted octanol–water partition coefficient (Wildman–Crippen LogP) is 3.86. The molecule has 28 heavy (non-hydrogen) atoms. The lowest BCUT2D eigenvalue weighted by molar-refractivity contribution is -0.0707. The largest absolute Gasteiger partial charge is 0.373 e. The van der Waals surface area contributed by atoms with Crippen molar-refractivity contribution in [2.24, 2.45) is 0 Å². The highest BCUT2D eigenvalue weighted by molar-refractivity contribution is 7.14. The summed E-state index contributed by atoms with van der Waals surface area (Å²) in [5.41, 5.74) is 3.23. The Morgan fingerprint density at radius 1 is 1.25 bits per heavy atom. The van der Waals surface area contributed by atoms with Gasteiger partial charge in [-0.1, -0.05) is 18.2 Å². The van der Waals surface area contributed by atoms with Gasteiger partial charge in [-0.15, -0.1) is 11.3 Å². The van der Waals surface area contributed by atoms with Crippen LogP contribution in [0.25, 0.3) is 10.9 Å². The molecule has 0 radical (unpaired) electrons. The summed E-state index contributed by atoms with van der Waals surface area (Å²) in [7, 11) is 0. The Balaban J connectivity index is 1.48. The van der Waals surface area contributed by atoms with Gasteiger partial charge in [-0.25, -0.2) is 4.98 Å². The number of anilines is 1. The highest BCUT2D eigenvalue weighted by atomic mass is 32.1. The summed E-state index contributed by atoms with van der Waals surface area (Å²) in [6.45, 7) is 8.64. The minimum absolute atomic E-state index is 0.156. The van der Waals surface area contributed by atoms with Crippen molar-refractivity contribution in [3.05, 3.63) is 52.7 Å². The molecule has 0 saturated carbocycles. The molecular formula is C21H24N4O2S. The van der Waals surface area contributed by atoms with Crippen LogP contribution in [0.4, 0.5) is 5.13 Å². The van der Waals surface area contributed by atoms with Crippen LogP contribution < -0.4 is 5.32 Å². The normalized spacial score (nSPS) is 20.4. The fourth-order valence-electron chi connectivity index (χ4n) is 3.74. The van der Waals surface area contributed by atoms with E-state index in [1.165, 1.54) is 11.3 Å². The summed E-state index contributed by atoms with van der Waals surface area (Å²) in [6, 6.07) is 9.51. The number of amides is 1. The first kappa shape index (κ1) is 19.0. The second-order valence-corrected chi connectivity index (χ2v) is 8.24. The van der Waals surface area contributed by atoms with Crippen molar-refractivity contribution in [3.63, 3.8) is 0 Å². The molecule has 1 aliphatic rings. The number of aryl methyl sites for hydroxylation is 1. The number of benzene rings is 1. The van der Waals surface area contributed by atoms with Crippen LogP contribution in [0.2, 0.25) is 0 Å². The number of nitrogens with zero attached hydrogens (tertiary/aromatic N) is 3. The van der Waals surface area contributed by atoms with Gasteiger partial charge in [0.15, 0.2) is 5.13 Å². The highest BCUT2D eigenvalue weighted by Crippen LogP contribution is 2.22. The molecule has 0 aliphatic carbocycles. The van der Waals surface area contributed by atoms with Gasteiger partial charge in [-0.3, -0.25) is 20.0 Å². The molecule has 1 aromatic carbocycles. The number of hydrogen-bond donors (Lipinski definition) is 1. The van der Waals surface area contributed by atoms with E-state index in [0.717, 1.165) is 41.9 Å². The molecule has 1 N–H and O–H groups in total. The third kappa shape index (κ3) is 4.22. The number of rotatable bonds is 4. The SMILES string of the molecule is Cc1cc(C(=O)Nc2nc(CN3CC(C)OC(C)C3)cs2)c2ccccc2n1. The van der Waals surface area contributed by atoms with Crippen molar-refractivity contribution < 1.29 is 9.53 Å². The minimum atomic E-state index is -0.156. The number of hydrogen-bond acceptors (Lipinski definition) is 6. The van der Waals surface area contributed by atoms with Crippen LogP contribution in [0.3, 0.4) is 0 Å². The molecule has 3 heterocycles. The zero-order chi connectivity index (χ0) is 19.7. The molecule has 1 amide bonds. The van der Waals surface area contributed by atoms with E-state index in [1.807, 2.05) is 42.6 Å². The van der Waals surface area contributed by atoms with Crippen molar-refractivity contribution in [3.8, 4) is 0 Å². The van der Waals surface area contributed by atoms with Crippen LogP contribution in [0, 0.1) is 6.92 Å². The molecule has 0 bridgehead atoms. The van der Waals surface area contributed by atoms with Crippen molar-refractivity contribution in [1.82, 2.24) is 14.9 Å². The maximum atomic E-state index is 12.9. The fourth-order valence-corrected chi connectivity index (χ4v) is 4.44. The Morgan fingerprint density at radius 2 is 2.00 bits per heavy atom. The highest BCUT2D eigenvalue weighted by Gasteiger charge is 2.23. The molecule has 3 aromatic rings. The number of morpholine rings is 1. The van der Waals surface area contributed by atoms with Crippen LogP contribution in [-0.4, -0.2) is 46.1 Å². The van der Waals surface area contributed by atoms with Gasteiger partial charge in [0, 0.05) is 36.1 Å². The number of fused-ring (bicyclic) bond motifs is 1. The predicted molar refractivity (Wildman–Crippen MR) is 112 cm³/mol. The number of ether oxygens (including phenoxy) is 1. The molecule has 1 fully saturated rings. The van der Waals surface area contributed by atoms with Crippen molar-refractivity contribution in [2.75, 3.05) is 18.4 Å². The maximum absolute atomic E-state index is 12.9. The maximum Gasteiger partial charge on any atom is 0.258 e. The lowest BCUT2D eigenvalue weighted by Gasteiger charge is -2.34. The smallest absolute Gasteiger partial charge is 0.258 e. The molecule has 2 unspecified atom stereocenters. The Kier molecular flexibility index (Phi) is 5.39. The fraction of sp³-hybridized carbons (Fsp3) is 0.381. The third-order valence-electron chi connectivity index (χ3n) is 4.74. The average molecular weight is 397 g/mol. The molecule has 146 valence electrons. The summed E-state index contributed by atoms with van der Waals surface area (Å²) in [5, 5.41) is 6.42. The first-order valence-corrected chi connectivity index (χ1v) is 10.4. The summed E-state index contributed by atoms with van der Waals surface area (Å²) in [6.07, 6.45) is 0.453. The first-order valence-electron chi connectivity index (χ1n) is 9.48. The first-order chi connectivity index (χ1) is 13.5. The summed E-state index contributed by atoms with van der Waals surface area (Å²) >= 11 is 1.46. The van der Waals surface area contributed by atoms with Gasteiger partial charge in [0.2, 0.25) is 0 Å². The van der Waals surface area contributed by atoms with E-state index >= 15 is 0 Å². The van der Waals surface area contributed by atoms with E-state index in [0.29, 0.717) is 10.7 Å². The Hall–Kier alpha value is -2.35. The average Bonchev–Trinajstić information content (AvgIpc) is 3.06. The number of thiazole rings is 1. The van der Waals surface area contributed by atoms with Gasteiger partial charge >= 0.3 is 0 Å². The van der Waals surface area contributed by atoms with Crippen molar-refractivity contribution in [2.45, 2.75) is 39.5 Å². The zero-order valence-corrected chi connectivity index (χ0v) is 17.1. The van der Waals surface area contributed by atoms with Gasteiger partial charge in [-0.05, 0) is 32.9 Å². The topological polar surface area (TPSA) is 67.4 Å². The second kappa shape index (κ2) is 7.95. The third-order valence-corrected chi connectivity index (χ3v) is 5.55. The van der Waals surface area contributed by atoms with Gasteiger partial charge in [0.25, 0.3) is 5.91 Å². The van der Waals surface area contributed by atoms with Crippen LogP contribution in [0.1, 0.15) is 35.6 Å². The summed E-state index contributed by atoms with van der Waals surface area (Å²) in [5.74, 6) is -0.156. The minimum Gasteiger partial charge on any atom is -0.373 e. The standard InChI is InChI=1S/C21H24N4O2S/c1-13-8-18(17-6-4-5-7-19(17)22-13)20(26)24-21-23-16(12-28-21)11-25-9-14(2)27-15(3)10-25/h4-8,12,14-15H,9-11H2,1-3H3,(H,23,24,26). The van der Waals surface area contributed by atoms with E-state index in [1.54, 1.807) is 0 Å². The Labute approximate surface area is 168 Å². The molecule has 2 aromatic heterocycles. The van der Waals surface area contributed by atoms with E-state index in [2.05, 4.69) is 34.0 Å². The molecule has 7 heteroatoms. The molecular weight excluding hydrogens is 372 g/mol. The van der Waals surface area contributed by atoms with E-state index in [9.17, 15) is 4.79 Å². The number of carbonyl (C=O) groups is 1. The molecule has 2 atom stereocenters. The monoisotopic (exact) mass is 396 g/mol. The van der Waals surface area contributed by atoms with Gasteiger partial charge in [0.05, 0.1) is 29.0 Å². The second-order valence-electron chi connectivity index (χ2n) is 7.38. The molecule has 0 spiro atoms. The van der Waals surface area contributed by atoms with Crippen LogP contribution in [0.5, 0.6) is 0 Å². The van der Waals surface area contributed by atoms with Crippen LogP contribution in [-0.2, 0) is 11.3 Å². The number of nitrogens with one attached hydrogen (secondary N) is 1. The number of para-hydroxylation sites is 1. The number of carbonyl (C=O) groups excluding carboxylic acids is 1. The Morgan fingerprint density at radius 3 is 2.79 bits per heavy atom. The molecule has 4 rings (SSSR count). The van der Waals surface area contributed by atoms with Crippen molar-refractivity contribution >= 4 is 33.3 Å². The number of aromatic nitrogens is 2. The van der Waals surface area contributed by atoms with E-state index in [-0.39, 0.29) is 18.1 Å². The zero-order valence-electron chi connectivity index (χ0n) is 16.3. The molecule has 6 nitrogen and oxygen atoms in total. The quantitative estimate of drug-likeness (QED) is 0.725. The van der Waals surface area contributed by atoms with Gasteiger partial charge < -0.3 is 4.74 Å².